The standard InChI is InChI=1S/C11H15NOS/c1-11(2,13)8-3-4-10-9(7-8)12-5-6-14-10/h3-4,7,12-13H,5-6H2,1-2H3. The molecule has 2 rings (SSSR count). The minimum Gasteiger partial charge on any atom is -0.386 e. The van der Waals surface area contributed by atoms with E-state index in [2.05, 4.69) is 11.4 Å². The first-order chi connectivity index (χ1) is 6.57. The first-order valence-electron chi connectivity index (χ1n) is 4.81. The molecule has 0 unspecified atom stereocenters. The van der Waals surface area contributed by atoms with Crippen molar-refractivity contribution in [2.45, 2.75) is 24.3 Å². The number of aliphatic hydroxyl groups is 1. The van der Waals surface area contributed by atoms with Gasteiger partial charge in [-0.1, -0.05) is 6.07 Å². The summed E-state index contributed by atoms with van der Waals surface area (Å²) in [5.41, 5.74) is 1.37. The molecule has 14 heavy (non-hydrogen) atoms. The zero-order valence-electron chi connectivity index (χ0n) is 8.50. The molecule has 0 amide bonds. The Morgan fingerprint density at radius 2 is 2.21 bits per heavy atom. The van der Waals surface area contributed by atoms with Gasteiger partial charge in [-0.05, 0) is 31.5 Å². The Morgan fingerprint density at radius 1 is 1.43 bits per heavy atom. The molecule has 0 saturated carbocycles. The average Bonchev–Trinajstić information content (AvgIpc) is 2.16. The fourth-order valence-corrected chi connectivity index (χ4v) is 2.40. The lowest BCUT2D eigenvalue weighted by Gasteiger charge is -2.23. The molecule has 0 fully saturated rings. The maximum Gasteiger partial charge on any atom is 0.0841 e. The molecule has 0 atom stereocenters. The SMILES string of the molecule is CC(C)(O)c1ccc2c(c1)NCCS2. The van der Waals surface area contributed by atoms with E-state index in [0.29, 0.717) is 0 Å². The second-order valence-electron chi connectivity index (χ2n) is 4.05. The molecule has 2 N–H and O–H groups in total. The second kappa shape index (κ2) is 3.48. The largest absolute Gasteiger partial charge is 0.386 e. The molecule has 3 heteroatoms. The van der Waals surface area contributed by atoms with E-state index >= 15 is 0 Å². The number of rotatable bonds is 1. The van der Waals surface area contributed by atoms with Crippen molar-refractivity contribution in [3.8, 4) is 0 Å². The van der Waals surface area contributed by atoms with Gasteiger partial charge in [0.25, 0.3) is 0 Å². The van der Waals surface area contributed by atoms with Crippen molar-refractivity contribution in [2.75, 3.05) is 17.6 Å². The van der Waals surface area contributed by atoms with Crippen molar-refractivity contribution in [1.82, 2.24) is 0 Å². The molecule has 76 valence electrons. The zero-order chi connectivity index (χ0) is 10.2. The van der Waals surface area contributed by atoms with Crippen molar-refractivity contribution in [2.24, 2.45) is 0 Å². The number of fused-ring (bicyclic) bond motifs is 1. The van der Waals surface area contributed by atoms with E-state index in [9.17, 15) is 5.11 Å². The molecule has 1 heterocycles. The number of benzene rings is 1. The molecular weight excluding hydrogens is 194 g/mol. The van der Waals surface area contributed by atoms with Gasteiger partial charge in [-0.15, -0.1) is 11.8 Å². The van der Waals surface area contributed by atoms with Crippen LogP contribution >= 0.6 is 11.8 Å². The molecule has 0 bridgehead atoms. The van der Waals surface area contributed by atoms with E-state index in [0.717, 1.165) is 23.5 Å². The summed E-state index contributed by atoms with van der Waals surface area (Å²) in [6, 6.07) is 6.12. The highest BCUT2D eigenvalue weighted by Crippen LogP contribution is 2.33. The molecule has 1 aliphatic heterocycles. The van der Waals surface area contributed by atoms with Gasteiger partial charge in [-0.25, -0.2) is 0 Å². The summed E-state index contributed by atoms with van der Waals surface area (Å²) in [5.74, 6) is 1.12. The normalized spacial score (nSPS) is 15.9. The highest BCUT2D eigenvalue weighted by molar-refractivity contribution is 7.99. The third-order valence-corrected chi connectivity index (χ3v) is 3.44. The van der Waals surface area contributed by atoms with Gasteiger partial charge in [0.15, 0.2) is 0 Å². The lowest BCUT2D eigenvalue weighted by Crippen LogP contribution is -2.17. The summed E-state index contributed by atoms with van der Waals surface area (Å²) in [4.78, 5) is 1.28. The summed E-state index contributed by atoms with van der Waals surface area (Å²) >= 11 is 1.86. The molecular formula is C11H15NOS. The van der Waals surface area contributed by atoms with Crippen LogP contribution in [-0.2, 0) is 5.60 Å². The summed E-state index contributed by atoms with van der Waals surface area (Å²) in [5, 5.41) is 13.2. The molecule has 1 aliphatic rings. The Kier molecular flexibility index (Phi) is 2.45. The molecule has 0 aromatic heterocycles. The van der Waals surface area contributed by atoms with Crippen LogP contribution in [0.25, 0.3) is 0 Å². The minimum atomic E-state index is -0.751. The summed E-state index contributed by atoms with van der Waals surface area (Å²) in [6.45, 7) is 4.63. The van der Waals surface area contributed by atoms with E-state index in [1.54, 1.807) is 0 Å². The topological polar surface area (TPSA) is 32.3 Å². The number of nitrogens with one attached hydrogen (secondary N) is 1. The molecule has 1 aromatic rings. The van der Waals surface area contributed by atoms with Gasteiger partial charge in [-0.2, -0.15) is 0 Å². The second-order valence-corrected chi connectivity index (χ2v) is 5.18. The van der Waals surface area contributed by atoms with Crippen LogP contribution in [-0.4, -0.2) is 17.4 Å². The molecule has 0 spiro atoms. The minimum absolute atomic E-state index is 0.751. The summed E-state index contributed by atoms with van der Waals surface area (Å²) < 4.78 is 0. The molecule has 0 saturated heterocycles. The number of thioether (sulfide) groups is 1. The van der Waals surface area contributed by atoms with E-state index in [1.165, 1.54) is 4.90 Å². The maximum absolute atomic E-state index is 9.86. The average molecular weight is 209 g/mol. The maximum atomic E-state index is 9.86. The van der Waals surface area contributed by atoms with Crippen LogP contribution in [0.5, 0.6) is 0 Å². The lowest BCUT2D eigenvalue weighted by molar-refractivity contribution is 0.0786. The third kappa shape index (κ3) is 1.88. The van der Waals surface area contributed by atoms with Crippen molar-refractivity contribution in [3.05, 3.63) is 23.8 Å². The van der Waals surface area contributed by atoms with Crippen LogP contribution in [0.1, 0.15) is 19.4 Å². The van der Waals surface area contributed by atoms with Gasteiger partial charge in [0, 0.05) is 22.9 Å². The monoisotopic (exact) mass is 209 g/mol. The first kappa shape index (κ1) is 9.87. The van der Waals surface area contributed by atoms with Crippen LogP contribution < -0.4 is 5.32 Å². The van der Waals surface area contributed by atoms with Gasteiger partial charge >= 0.3 is 0 Å². The number of hydrogen-bond acceptors (Lipinski definition) is 3. The van der Waals surface area contributed by atoms with Gasteiger partial charge < -0.3 is 10.4 Å². The van der Waals surface area contributed by atoms with Crippen LogP contribution in [0.2, 0.25) is 0 Å². The quantitative estimate of drug-likeness (QED) is 0.745. The smallest absolute Gasteiger partial charge is 0.0841 e. The Labute approximate surface area is 88.7 Å². The van der Waals surface area contributed by atoms with Gasteiger partial charge in [0.05, 0.1) is 5.60 Å². The Hall–Kier alpha value is -0.670. The van der Waals surface area contributed by atoms with Crippen molar-refractivity contribution >= 4 is 17.4 Å². The third-order valence-electron chi connectivity index (χ3n) is 2.36. The Bertz CT molecular complexity index is 344. The van der Waals surface area contributed by atoms with E-state index < -0.39 is 5.60 Å². The molecule has 1 aromatic carbocycles. The van der Waals surface area contributed by atoms with Gasteiger partial charge in [0.1, 0.15) is 0 Å². The summed E-state index contributed by atoms with van der Waals surface area (Å²) in [7, 11) is 0. The Morgan fingerprint density at radius 3 is 2.93 bits per heavy atom. The van der Waals surface area contributed by atoms with E-state index in [4.69, 9.17) is 0 Å². The lowest BCUT2D eigenvalue weighted by atomic mass is 9.98. The molecule has 2 nitrogen and oxygen atoms in total. The van der Waals surface area contributed by atoms with Gasteiger partial charge in [0.2, 0.25) is 0 Å². The molecule has 0 aliphatic carbocycles. The predicted molar refractivity (Wildman–Crippen MR) is 60.9 cm³/mol. The van der Waals surface area contributed by atoms with Crippen LogP contribution in [0.3, 0.4) is 0 Å². The molecule has 0 radical (unpaired) electrons. The highest BCUT2D eigenvalue weighted by atomic mass is 32.2. The highest BCUT2D eigenvalue weighted by Gasteiger charge is 2.18. The Balaban J connectivity index is 2.39. The van der Waals surface area contributed by atoms with E-state index in [-0.39, 0.29) is 0 Å². The first-order valence-corrected chi connectivity index (χ1v) is 5.79. The van der Waals surface area contributed by atoms with Crippen molar-refractivity contribution in [1.29, 1.82) is 0 Å². The van der Waals surface area contributed by atoms with Crippen molar-refractivity contribution < 1.29 is 5.11 Å². The number of anilines is 1. The predicted octanol–water partition coefficient (Wildman–Crippen LogP) is 2.43. The van der Waals surface area contributed by atoms with Crippen LogP contribution in [0.4, 0.5) is 5.69 Å². The van der Waals surface area contributed by atoms with Crippen molar-refractivity contribution in [3.63, 3.8) is 0 Å². The fraction of sp³-hybridized carbons (Fsp3) is 0.455. The van der Waals surface area contributed by atoms with Crippen LogP contribution in [0, 0.1) is 0 Å². The summed E-state index contributed by atoms with van der Waals surface area (Å²) in [6.07, 6.45) is 0. The number of hydrogen-bond donors (Lipinski definition) is 2. The van der Waals surface area contributed by atoms with E-state index in [1.807, 2.05) is 37.7 Å². The fourth-order valence-electron chi connectivity index (χ4n) is 1.52. The van der Waals surface area contributed by atoms with Gasteiger partial charge in [-0.3, -0.25) is 0 Å². The zero-order valence-corrected chi connectivity index (χ0v) is 9.32. The van der Waals surface area contributed by atoms with Crippen LogP contribution in [0.15, 0.2) is 23.1 Å².